The molecule has 2 unspecified atom stereocenters. The minimum Gasteiger partial charge on any atom is -0.480 e. The summed E-state index contributed by atoms with van der Waals surface area (Å²) in [6.45, 7) is 0.430. The molecule has 0 amide bonds. The van der Waals surface area contributed by atoms with Gasteiger partial charge in [0.15, 0.2) is 0 Å². The summed E-state index contributed by atoms with van der Waals surface area (Å²) in [4.78, 5) is 20.0. The Balaban J connectivity index is 0. The molecule has 0 rings (SSSR count). The standard InChI is InChI=1S/C6H14N2O2.C4H9NO3/c7-4-2-1-3-5(8)6(9)10;5-3(1-2-6)4(7)8/h5H,1-4,7-8H2,(H,9,10);3,6H,1-2,5H2,(H,7,8). The third-order valence-corrected chi connectivity index (χ3v) is 2.04. The van der Waals surface area contributed by atoms with Crippen molar-refractivity contribution in [3.63, 3.8) is 0 Å². The summed E-state index contributed by atoms with van der Waals surface area (Å²) in [5, 5.41) is 24.5. The number of aliphatic hydroxyl groups excluding tert-OH is 1. The normalized spacial score (nSPS) is 13.1. The van der Waals surface area contributed by atoms with Crippen molar-refractivity contribution in [1.29, 1.82) is 0 Å². The van der Waals surface area contributed by atoms with E-state index in [0.29, 0.717) is 13.0 Å². The van der Waals surface area contributed by atoms with E-state index >= 15 is 0 Å². The van der Waals surface area contributed by atoms with Crippen LogP contribution in [0.4, 0.5) is 0 Å². The molecule has 0 aliphatic heterocycles. The second-order valence-electron chi connectivity index (χ2n) is 3.69. The van der Waals surface area contributed by atoms with Crippen molar-refractivity contribution in [3.8, 4) is 0 Å². The molecule has 18 heavy (non-hydrogen) atoms. The number of carboxylic acid groups (broad SMARTS) is 2. The Kier molecular flexibility index (Phi) is 13.0. The molecule has 0 aromatic carbocycles. The van der Waals surface area contributed by atoms with Gasteiger partial charge in [-0.15, -0.1) is 0 Å². The van der Waals surface area contributed by atoms with E-state index in [0.717, 1.165) is 12.8 Å². The number of aliphatic hydroxyl groups is 1. The van der Waals surface area contributed by atoms with Crippen LogP contribution < -0.4 is 17.2 Å². The largest absolute Gasteiger partial charge is 0.480 e. The number of nitrogens with two attached hydrogens (primary N) is 3. The molecule has 0 spiro atoms. The van der Waals surface area contributed by atoms with Gasteiger partial charge in [-0.25, -0.2) is 0 Å². The van der Waals surface area contributed by atoms with Crippen molar-refractivity contribution in [2.24, 2.45) is 17.2 Å². The van der Waals surface area contributed by atoms with E-state index in [9.17, 15) is 9.59 Å². The minimum atomic E-state index is -1.07. The van der Waals surface area contributed by atoms with E-state index in [1.807, 2.05) is 0 Å². The van der Waals surface area contributed by atoms with E-state index in [2.05, 4.69) is 0 Å². The first-order chi connectivity index (χ1) is 8.36. The molecule has 0 aliphatic rings. The second kappa shape index (κ2) is 12.2. The first-order valence-corrected chi connectivity index (χ1v) is 5.64. The predicted molar refractivity (Wildman–Crippen MR) is 65.8 cm³/mol. The van der Waals surface area contributed by atoms with Crippen molar-refractivity contribution in [2.45, 2.75) is 37.8 Å². The van der Waals surface area contributed by atoms with Gasteiger partial charge in [0.2, 0.25) is 0 Å². The number of unbranched alkanes of at least 4 members (excludes halogenated alkanes) is 1. The highest BCUT2D eigenvalue weighted by Gasteiger charge is 2.09. The SMILES string of the molecule is NC(CCO)C(=O)O.NCCCCC(N)C(=O)O. The Hall–Kier alpha value is -1.22. The fraction of sp³-hybridized carbons (Fsp3) is 0.800. The van der Waals surface area contributed by atoms with Crippen molar-refractivity contribution in [2.75, 3.05) is 13.2 Å². The van der Waals surface area contributed by atoms with Crippen LogP contribution in [0.1, 0.15) is 25.7 Å². The van der Waals surface area contributed by atoms with Crippen LogP contribution >= 0.6 is 0 Å². The molecule has 0 aromatic rings. The maximum atomic E-state index is 10.1. The van der Waals surface area contributed by atoms with Gasteiger partial charge in [0, 0.05) is 6.61 Å². The summed E-state index contributed by atoms with van der Waals surface area (Å²) in [5.41, 5.74) is 15.4. The summed E-state index contributed by atoms with van der Waals surface area (Å²) in [5.74, 6) is -2.00. The van der Waals surface area contributed by atoms with Crippen LogP contribution in [0.3, 0.4) is 0 Å². The highest BCUT2D eigenvalue weighted by Crippen LogP contribution is 1.96. The number of rotatable bonds is 8. The first-order valence-electron chi connectivity index (χ1n) is 5.64. The average molecular weight is 265 g/mol. The van der Waals surface area contributed by atoms with Crippen LogP contribution in [-0.4, -0.2) is 52.5 Å². The molecule has 9 N–H and O–H groups in total. The Morgan fingerprint density at radius 3 is 1.67 bits per heavy atom. The van der Waals surface area contributed by atoms with E-state index in [1.165, 1.54) is 0 Å². The van der Waals surface area contributed by atoms with Gasteiger partial charge in [-0.2, -0.15) is 0 Å². The zero-order chi connectivity index (χ0) is 14.6. The first kappa shape index (κ1) is 19.1. The number of carbonyl (C=O) groups is 2. The smallest absolute Gasteiger partial charge is 0.320 e. The van der Waals surface area contributed by atoms with Crippen LogP contribution in [0.15, 0.2) is 0 Å². The summed E-state index contributed by atoms with van der Waals surface area (Å²) in [7, 11) is 0. The van der Waals surface area contributed by atoms with Crippen molar-refractivity contribution in [1.82, 2.24) is 0 Å². The van der Waals surface area contributed by atoms with Crippen LogP contribution in [0, 0.1) is 0 Å². The third kappa shape index (κ3) is 12.8. The quantitative estimate of drug-likeness (QED) is 0.282. The molecule has 0 radical (unpaired) electrons. The van der Waals surface area contributed by atoms with Crippen LogP contribution in [0.2, 0.25) is 0 Å². The van der Waals surface area contributed by atoms with E-state index in [4.69, 9.17) is 32.5 Å². The molecular formula is C10H23N3O5. The molecule has 108 valence electrons. The van der Waals surface area contributed by atoms with Crippen LogP contribution in [0.25, 0.3) is 0 Å². The van der Waals surface area contributed by atoms with Crippen LogP contribution in [-0.2, 0) is 9.59 Å². The molecule has 0 bridgehead atoms. The lowest BCUT2D eigenvalue weighted by molar-refractivity contribution is -0.139. The molecule has 0 aliphatic carbocycles. The lowest BCUT2D eigenvalue weighted by Crippen LogP contribution is -2.30. The van der Waals surface area contributed by atoms with E-state index in [1.54, 1.807) is 0 Å². The number of aliphatic carboxylic acids is 2. The van der Waals surface area contributed by atoms with Crippen molar-refractivity contribution >= 4 is 11.9 Å². The molecule has 2 atom stereocenters. The predicted octanol–water partition coefficient (Wildman–Crippen LogP) is -1.69. The monoisotopic (exact) mass is 265 g/mol. The molecule has 8 nitrogen and oxygen atoms in total. The van der Waals surface area contributed by atoms with Gasteiger partial charge in [-0.1, -0.05) is 6.42 Å². The molecular weight excluding hydrogens is 242 g/mol. The third-order valence-electron chi connectivity index (χ3n) is 2.04. The van der Waals surface area contributed by atoms with Gasteiger partial charge >= 0.3 is 11.9 Å². The lowest BCUT2D eigenvalue weighted by Gasteiger charge is -2.03. The summed E-state index contributed by atoms with van der Waals surface area (Å²) >= 11 is 0. The Morgan fingerprint density at radius 1 is 0.944 bits per heavy atom. The summed E-state index contributed by atoms with van der Waals surface area (Å²) < 4.78 is 0. The topological polar surface area (TPSA) is 173 Å². The van der Waals surface area contributed by atoms with Gasteiger partial charge < -0.3 is 32.5 Å². The molecule has 0 aromatic heterocycles. The van der Waals surface area contributed by atoms with E-state index in [-0.39, 0.29) is 13.0 Å². The minimum absolute atomic E-state index is 0.120. The summed E-state index contributed by atoms with van der Waals surface area (Å²) in [6, 6.07) is -1.63. The van der Waals surface area contributed by atoms with E-state index < -0.39 is 24.0 Å². The fourth-order valence-electron chi connectivity index (χ4n) is 0.895. The zero-order valence-corrected chi connectivity index (χ0v) is 10.3. The second-order valence-corrected chi connectivity index (χ2v) is 3.69. The van der Waals surface area contributed by atoms with Gasteiger partial charge in [0.25, 0.3) is 0 Å². The number of hydrogen-bond donors (Lipinski definition) is 6. The van der Waals surface area contributed by atoms with Gasteiger partial charge in [0.1, 0.15) is 12.1 Å². The van der Waals surface area contributed by atoms with Crippen molar-refractivity contribution in [3.05, 3.63) is 0 Å². The fourth-order valence-corrected chi connectivity index (χ4v) is 0.895. The van der Waals surface area contributed by atoms with Crippen molar-refractivity contribution < 1.29 is 24.9 Å². The van der Waals surface area contributed by atoms with Gasteiger partial charge in [0.05, 0.1) is 0 Å². The number of carboxylic acids is 2. The average Bonchev–Trinajstić information content (AvgIpc) is 2.30. The van der Waals surface area contributed by atoms with Gasteiger partial charge in [-0.05, 0) is 25.8 Å². The Bertz CT molecular complexity index is 238. The Labute approximate surface area is 106 Å². The highest BCUT2D eigenvalue weighted by molar-refractivity contribution is 5.73. The highest BCUT2D eigenvalue weighted by atomic mass is 16.4. The molecule has 0 heterocycles. The number of hydrogen-bond acceptors (Lipinski definition) is 6. The van der Waals surface area contributed by atoms with Gasteiger partial charge in [-0.3, -0.25) is 9.59 Å². The Morgan fingerprint density at radius 2 is 1.39 bits per heavy atom. The zero-order valence-electron chi connectivity index (χ0n) is 10.3. The lowest BCUT2D eigenvalue weighted by atomic mass is 10.1. The van der Waals surface area contributed by atoms with Crippen LogP contribution in [0.5, 0.6) is 0 Å². The summed E-state index contributed by atoms with van der Waals surface area (Å²) in [6.07, 6.45) is 2.28. The maximum Gasteiger partial charge on any atom is 0.320 e. The molecule has 0 saturated carbocycles. The molecule has 8 heteroatoms. The molecule has 0 saturated heterocycles. The molecule has 0 fully saturated rings. The maximum absolute atomic E-state index is 10.1.